The molecule has 1 aromatic heterocycles. The lowest BCUT2D eigenvalue weighted by Crippen LogP contribution is -1.94. The highest BCUT2D eigenvalue weighted by molar-refractivity contribution is 5.84. The van der Waals surface area contributed by atoms with Gasteiger partial charge in [-0.25, -0.2) is 4.79 Å². The molecule has 116 valence electrons. The molecule has 2 aromatic carbocycles. The largest absolute Gasteiger partial charge is 0.507 e. The van der Waals surface area contributed by atoms with Crippen LogP contribution in [0.5, 0.6) is 5.75 Å². The highest BCUT2D eigenvalue weighted by Gasteiger charge is 2.18. The first-order chi connectivity index (χ1) is 11.2. The molecule has 3 nitrogen and oxygen atoms in total. The molecule has 1 N–H and O–H groups in total. The van der Waals surface area contributed by atoms with E-state index in [4.69, 9.17) is 4.42 Å². The van der Waals surface area contributed by atoms with Crippen LogP contribution in [0.1, 0.15) is 37.2 Å². The van der Waals surface area contributed by atoms with Crippen molar-refractivity contribution in [3.8, 4) is 16.9 Å². The summed E-state index contributed by atoms with van der Waals surface area (Å²) in [7, 11) is 0. The molecule has 1 aliphatic rings. The Morgan fingerprint density at radius 2 is 1.78 bits per heavy atom. The van der Waals surface area contributed by atoms with Crippen molar-refractivity contribution in [1.29, 1.82) is 0 Å². The molecule has 3 aromatic rings. The Hall–Kier alpha value is -2.55. The van der Waals surface area contributed by atoms with Crippen molar-refractivity contribution in [3.05, 3.63) is 64.5 Å². The second-order valence-corrected chi connectivity index (χ2v) is 6.27. The van der Waals surface area contributed by atoms with Crippen LogP contribution in [0, 0.1) is 0 Å². The number of phenols is 1. The molecule has 0 saturated heterocycles. The molecule has 0 atom stereocenters. The summed E-state index contributed by atoms with van der Waals surface area (Å²) < 4.78 is 5.15. The smallest absolute Gasteiger partial charge is 0.336 e. The summed E-state index contributed by atoms with van der Waals surface area (Å²) in [6.45, 7) is 0. The van der Waals surface area contributed by atoms with Gasteiger partial charge in [0.2, 0.25) is 0 Å². The van der Waals surface area contributed by atoms with Crippen molar-refractivity contribution < 1.29 is 9.52 Å². The van der Waals surface area contributed by atoms with E-state index in [0.29, 0.717) is 17.3 Å². The molecule has 3 heteroatoms. The van der Waals surface area contributed by atoms with Crippen LogP contribution in [-0.2, 0) is 0 Å². The van der Waals surface area contributed by atoms with Gasteiger partial charge in [0, 0.05) is 17.0 Å². The van der Waals surface area contributed by atoms with Crippen molar-refractivity contribution in [3.63, 3.8) is 0 Å². The van der Waals surface area contributed by atoms with Crippen LogP contribution in [0.3, 0.4) is 0 Å². The number of fused-ring (bicyclic) bond motifs is 1. The zero-order valence-corrected chi connectivity index (χ0v) is 12.8. The number of phenolic OH excluding ortho intramolecular Hbond substituents is 1. The van der Waals surface area contributed by atoms with E-state index < -0.39 is 0 Å². The zero-order valence-electron chi connectivity index (χ0n) is 12.8. The van der Waals surface area contributed by atoms with Gasteiger partial charge in [0.1, 0.15) is 11.3 Å². The summed E-state index contributed by atoms with van der Waals surface area (Å²) in [5, 5.41) is 11.3. The molecular weight excluding hydrogens is 288 g/mol. The molecular formula is C20H18O3. The van der Waals surface area contributed by atoms with Crippen LogP contribution in [0.15, 0.2) is 57.7 Å². The van der Waals surface area contributed by atoms with E-state index in [2.05, 4.69) is 6.07 Å². The lowest BCUT2D eigenvalue weighted by Gasteiger charge is -2.12. The first kappa shape index (κ1) is 14.1. The summed E-state index contributed by atoms with van der Waals surface area (Å²) in [5.41, 5.74) is 3.16. The van der Waals surface area contributed by atoms with Gasteiger partial charge >= 0.3 is 5.63 Å². The van der Waals surface area contributed by atoms with E-state index in [0.717, 1.165) is 16.5 Å². The van der Waals surface area contributed by atoms with Gasteiger partial charge in [-0.15, -0.1) is 0 Å². The van der Waals surface area contributed by atoms with Crippen molar-refractivity contribution in [2.24, 2.45) is 0 Å². The molecule has 1 aliphatic carbocycles. The minimum Gasteiger partial charge on any atom is -0.507 e. The van der Waals surface area contributed by atoms with E-state index in [1.165, 1.54) is 37.3 Å². The van der Waals surface area contributed by atoms with Crippen molar-refractivity contribution in [2.75, 3.05) is 0 Å². The first-order valence-electron chi connectivity index (χ1n) is 8.08. The summed E-state index contributed by atoms with van der Waals surface area (Å²) >= 11 is 0. The number of aromatic hydroxyl groups is 1. The van der Waals surface area contributed by atoms with E-state index in [-0.39, 0.29) is 5.63 Å². The van der Waals surface area contributed by atoms with Gasteiger partial charge < -0.3 is 9.52 Å². The molecule has 0 amide bonds. The van der Waals surface area contributed by atoms with Gasteiger partial charge in [0.15, 0.2) is 0 Å². The first-order valence-corrected chi connectivity index (χ1v) is 8.08. The Bertz CT molecular complexity index is 918. The van der Waals surface area contributed by atoms with E-state index in [9.17, 15) is 9.90 Å². The third-order valence-electron chi connectivity index (χ3n) is 4.78. The van der Waals surface area contributed by atoms with Crippen molar-refractivity contribution >= 4 is 11.0 Å². The average molecular weight is 306 g/mol. The lowest BCUT2D eigenvalue weighted by atomic mass is 9.94. The standard InChI is InChI=1S/C20H18O3/c21-18-12-14(13-3-1-2-4-13)5-8-17(18)15-6-9-19-16(11-15)7-10-20(22)23-19/h5-13,21H,1-4H2. The van der Waals surface area contributed by atoms with Gasteiger partial charge in [0.05, 0.1) is 0 Å². The van der Waals surface area contributed by atoms with Crippen LogP contribution in [0.25, 0.3) is 22.1 Å². The highest BCUT2D eigenvalue weighted by Crippen LogP contribution is 2.38. The maximum atomic E-state index is 11.2. The van der Waals surface area contributed by atoms with Crippen molar-refractivity contribution in [1.82, 2.24) is 0 Å². The van der Waals surface area contributed by atoms with Gasteiger partial charge in [-0.3, -0.25) is 0 Å². The fraction of sp³-hybridized carbons (Fsp3) is 0.250. The number of benzene rings is 2. The maximum absolute atomic E-state index is 11.2. The van der Waals surface area contributed by atoms with E-state index >= 15 is 0 Å². The predicted octanol–water partition coefficient (Wildman–Crippen LogP) is 4.82. The third-order valence-corrected chi connectivity index (χ3v) is 4.78. The normalized spacial score (nSPS) is 15.3. The third kappa shape index (κ3) is 2.63. The van der Waals surface area contributed by atoms with Crippen LogP contribution in [-0.4, -0.2) is 5.11 Å². The summed E-state index contributed by atoms with van der Waals surface area (Å²) in [6.07, 6.45) is 4.99. The molecule has 4 rings (SSSR count). The monoisotopic (exact) mass is 306 g/mol. The minimum atomic E-state index is -0.353. The molecule has 0 unspecified atom stereocenters. The van der Waals surface area contributed by atoms with Crippen LogP contribution in [0.4, 0.5) is 0 Å². The number of hydrogen-bond donors (Lipinski definition) is 1. The molecule has 1 heterocycles. The molecule has 23 heavy (non-hydrogen) atoms. The Kier molecular flexibility index (Phi) is 3.41. The van der Waals surface area contributed by atoms with E-state index in [1.54, 1.807) is 12.1 Å². The highest BCUT2D eigenvalue weighted by atomic mass is 16.4. The SMILES string of the molecule is O=c1ccc2cc(-c3ccc(C4CCCC4)cc3O)ccc2o1. The van der Waals surface area contributed by atoms with Gasteiger partial charge in [-0.05, 0) is 54.2 Å². The van der Waals surface area contributed by atoms with Crippen LogP contribution in [0.2, 0.25) is 0 Å². The van der Waals surface area contributed by atoms with Gasteiger partial charge in [-0.2, -0.15) is 0 Å². The predicted molar refractivity (Wildman–Crippen MR) is 90.8 cm³/mol. The Balaban J connectivity index is 1.74. The Morgan fingerprint density at radius 1 is 0.957 bits per heavy atom. The zero-order chi connectivity index (χ0) is 15.8. The molecule has 0 aliphatic heterocycles. The second kappa shape index (κ2) is 5.58. The summed E-state index contributed by atoms with van der Waals surface area (Å²) in [5.74, 6) is 0.895. The molecule has 1 saturated carbocycles. The fourth-order valence-corrected chi connectivity index (χ4v) is 3.55. The van der Waals surface area contributed by atoms with Gasteiger partial charge in [0.25, 0.3) is 0 Å². The number of hydrogen-bond acceptors (Lipinski definition) is 3. The minimum absolute atomic E-state index is 0.311. The lowest BCUT2D eigenvalue weighted by molar-refractivity contribution is 0.475. The summed E-state index contributed by atoms with van der Waals surface area (Å²) in [4.78, 5) is 11.2. The second-order valence-electron chi connectivity index (χ2n) is 6.27. The Labute approximate surface area is 134 Å². The van der Waals surface area contributed by atoms with Crippen molar-refractivity contribution in [2.45, 2.75) is 31.6 Å². The van der Waals surface area contributed by atoms with E-state index in [1.807, 2.05) is 24.3 Å². The number of rotatable bonds is 2. The molecule has 0 radical (unpaired) electrons. The van der Waals surface area contributed by atoms with Crippen LogP contribution >= 0.6 is 0 Å². The summed E-state index contributed by atoms with van der Waals surface area (Å²) in [6, 6.07) is 14.8. The molecule has 0 bridgehead atoms. The van der Waals surface area contributed by atoms with Gasteiger partial charge in [-0.1, -0.05) is 31.0 Å². The average Bonchev–Trinajstić information content (AvgIpc) is 3.09. The Morgan fingerprint density at radius 3 is 2.57 bits per heavy atom. The molecule has 1 fully saturated rings. The molecule has 0 spiro atoms. The topological polar surface area (TPSA) is 50.4 Å². The quantitative estimate of drug-likeness (QED) is 0.690. The fourth-order valence-electron chi connectivity index (χ4n) is 3.55. The maximum Gasteiger partial charge on any atom is 0.336 e. The van der Waals surface area contributed by atoms with Crippen LogP contribution < -0.4 is 5.63 Å².